The molecule has 2 heteroatoms. The molecule has 0 bridgehead atoms. The molecule has 0 spiro atoms. The summed E-state index contributed by atoms with van der Waals surface area (Å²) in [6.07, 6.45) is 3.36. The molecule has 2 aromatic carbocycles. The van der Waals surface area contributed by atoms with E-state index in [1.807, 2.05) is 12.1 Å². The number of fused-ring (bicyclic) bond motifs is 2. The van der Waals surface area contributed by atoms with Crippen molar-refractivity contribution >= 4 is 0 Å². The van der Waals surface area contributed by atoms with Gasteiger partial charge in [0.05, 0.1) is 11.6 Å². The van der Waals surface area contributed by atoms with Crippen molar-refractivity contribution in [2.75, 3.05) is 13.1 Å². The highest BCUT2D eigenvalue weighted by molar-refractivity contribution is 5.80. The SMILES string of the molecule is CCCN1CCc2cccc3c2C1Cc1cccc(C#N)c1-3. The van der Waals surface area contributed by atoms with E-state index in [9.17, 15) is 5.26 Å². The van der Waals surface area contributed by atoms with Crippen molar-refractivity contribution in [2.45, 2.75) is 32.2 Å². The van der Waals surface area contributed by atoms with Crippen LogP contribution in [0.1, 0.15) is 41.6 Å². The van der Waals surface area contributed by atoms with Crippen LogP contribution in [-0.4, -0.2) is 18.0 Å². The molecule has 1 atom stereocenters. The van der Waals surface area contributed by atoms with Crippen molar-refractivity contribution in [1.82, 2.24) is 4.90 Å². The second-order valence-electron chi connectivity index (χ2n) is 6.34. The zero-order valence-electron chi connectivity index (χ0n) is 13.0. The molecule has 0 aromatic heterocycles. The lowest BCUT2D eigenvalue weighted by molar-refractivity contribution is 0.183. The van der Waals surface area contributed by atoms with Crippen LogP contribution in [0.4, 0.5) is 0 Å². The number of hydrogen-bond donors (Lipinski definition) is 0. The molecule has 2 nitrogen and oxygen atoms in total. The smallest absolute Gasteiger partial charge is 0.0998 e. The topological polar surface area (TPSA) is 27.0 Å². The predicted octanol–water partition coefficient (Wildman–Crippen LogP) is 4.09. The van der Waals surface area contributed by atoms with Gasteiger partial charge in [-0.05, 0) is 54.1 Å². The largest absolute Gasteiger partial charge is 0.296 e. The van der Waals surface area contributed by atoms with E-state index in [-0.39, 0.29) is 0 Å². The summed E-state index contributed by atoms with van der Waals surface area (Å²) in [5.74, 6) is 0. The maximum Gasteiger partial charge on any atom is 0.0998 e. The van der Waals surface area contributed by atoms with E-state index < -0.39 is 0 Å². The van der Waals surface area contributed by atoms with Crippen molar-refractivity contribution in [3.8, 4) is 17.2 Å². The first-order valence-corrected chi connectivity index (χ1v) is 8.21. The van der Waals surface area contributed by atoms with Crippen LogP contribution in [0.25, 0.3) is 11.1 Å². The summed E-state index contributed by atoms with van der Waals surface area (Å²) in [6.45, 7) is 4.57. The molecule has 0 amide bonds. The van der Waals surface area contributed by atoms with Crippen molar-refractivity contribution in [3.63, 3.8) is 0 Å². The Balaban J connectivity index is 1.95. The molecule has 1 unspecified atom stereocenters. The van der Waals surface area contributed by atoms with E-state index in [4.69, 9.17) is 0 Å². The first-order valence-electron chi connectivity index (χ1n) is 8.21. The van der Waals surface area contributed by atoms with Crippen LogP contribution in [-0.2, 0) is 12.8 Å². The van der Waals surface area contributed by atoms with Crippen molar-refractivity contribution in [1.29, 1.82) is 5.26 Å². The Morgan fingerprint density at radius 1 is 1.18 bits per heavy atom. The zero-order valence-corrected chi connectivity index (χ0v) is 13.0. The molecule has 2 aromatic rings. The van der Waals surface area contributed by atoms with Crippen LogP contribution in [0.5, 0.6) is 0 Å². The molecule has 0 N–H and O–H groups in total. The molecular formula is C20H20N2. The Labute approximate surface area is 132 Å². The minimum Gasteiger partial charge on any atom is -0.296 e. The standard InChI is InChI=1S/C20H20N2/c1-2-10-22-11-9-14-5-4-8-17-19-15(12-18(22)20(14)17)6-3-7-16(19)13-21/h3-8,18H,2,9-12H2,1H3. The van der Waals surface area contributed by atoms with E-state index in [1.54, 1.807) is 0 Å². The third-order valence-corrected chi connectivity index (χ3v) is 5.10. The second kappa shape index (κ2) is 5.26. The predicted molar refractivity (Wildman–Crippen MR) is 88.6 cm³/mol. The van der Waals surface area contributed by atoms with Crippen LogP contribution < -0.4 is 0 Å². The molecule has 0 saturated heterocycles. The summed E-state index contributed by atoms with van der Waals surface area (Å²) in [5, 5.41) is 9.50. The molecular weight excluding hydrogens is 268 g/mol. The number of rotatable bonds is 2. The summed E-state index contributed by atoms with van der Waals surface area (Å²) in [7, 11) is 0. The number of nitrogens with zero attached hydrogens (tertiary/aromatic N) is 2. The molecule has 22 heavy (non-hydrogen) atoms. The van der Waals surface area contributed by atoms with Gasteiger partial charge in [0.2, 0.25) is 0 Å². The van der Waals surface area contributed by atoms with Crippen LogP contribution in [0, 0.1) is 11.3 Å². The summed E-state index contributed by atoms with van der Waals surface area (Å²) in [6, 6.07) is 15.7. The monoisotopic (exact) mass is 288 g/mol. The molecule has 2 aliphatic rings. The lowest BCUT2D eigenvalue weighted by Crippen LogP contribution is -2.38. The number of hydrogen-bond acceptors (Lipinski definition) is 2. The van der Waals surface area contributed by atoms with Gasteiger partial charge in [0, 0.05) is 18.2 Å². The van der Waals surface area contributed by atoms with Gasteiger partial charge in [0.1, 0.15) is 0 Å². The fourth-order valence-corrected chi connectivity index (χ4v) is 4.22. The molecule has 4 rings (SSSR count). The fraction of sp³-hybridized carbons (Fsp3) is 0.350. The first-order chi connectivity index (χ1) is 10.8. The van der Waals surface area contributed by atoms with Gasteiger partial charge < -0.3 is 0 Å². The Bertz CT molecular complexity index is 770. The van der Waals surface area contributed by atoms with E-state index >= 15 is 0 Å². The Kier molecular flexibility index (Phi) is 3.24. The van der Waals surface area contributed by atoms with Crippen molar-refractivity contribution < 1.29 is 0 Å². The summed E-state index contributed by atoms with van der Waals surface area (Å²) in [5.41, 5.74) is 7.58. The van der Waals surface area contributed by atoms with Crippen LogP contribution in [0.3, 0.4) is 0 Å². The number of benzene rings is 2. The van der Waals surface area contributed by atoms with Crippen LogP contribution in [0.15, 0.2) is 36.4 Å². The summed E-state index contributed by atoms with van der Waals surface area (Å²) >= 11 is 0. The second-order valence-corrected chi connectivity index (χ2v) is 6.34. The Morgan fingerprint density at radius 2 is 2.00 bits per heavy atom. The average molecular weight is 288 g/mol. The minimum absolute atomic E-state index is 0.487. The molecule has 0 saturated carbocycles. The van der Waals surface area contributed by atoms with E-state index in [0.29, 0.717) is 6.04 Å². The highest BCUT2D eigenvalue weighted by Crippen LogP contribution is 2.46. The van der Waals surface area contributed by atoms with E-state index in [2.05, 4.69) is 42.2 Å². The fourth-order valence-electron chi connectivity index (χ4n) is 4.22. The molecule has 0 radical (unpaired) electrons. The van der Waals surface area contributed by atoms with Gasteiger partial charge in [-0.1, -0.05) is 37.3 Å². The van der Waals surface area contributed by atoms with E-state index in [1.165, 1.54) is 34.2 Å². The lowest BCUT2D eigenvalue weighted by Gasteiger charge is -2.41. The molecule has 0 fully saturated rings. The summed E-state index contributed by atoms with van der Waals surface area (Å²) in [4.78, 5) is 2.63. The van der Waals surface area contributed by atoms with Gasteiger partial charge in [-0.3, -0.25) is 4.90 Å². The molecule has 1 aliphatic heterocycles. The first kappa shape index (κ1) is 13.5. The highest BCUT2D eigenvalue weighted by atomic mass is 15.2. The minimum atomic E-state index is 0.487. The van der Waals surface area contributed by atoms with Gasteiger partial charge in [0.25, 0.3) is 0 Å². The van der Waals surface area contributed by atoms with Crippen LogP contribution >= 0.6 is 0 Å². The normalized spacial score (nSPS) is 19.2. The van der Waals surface area contributed by atoms with Gasteiger partial charge in [0.15, 0.2) is 0 Å². The maximum absolute atomic E-state index is 9.50. The average Bonchev–Trinajstić information content (AvgIpc) is 2.57. The van der Waals surface area contributed by atoms with Gasteiger partial charge in [-0.15, -0.1) is 0 Å². The van der Waals surface area contributed by atoms with E-state index in [0.717, 1.165) is 31.5 Å². The third-order valence-electron chi connectivity index (χ3n) is 5.10. The zero-order chi connectivity index (χ0) is 15.1. The van der Waals surface area contributed by atoms with Crippen molar-refractivity contribution in [3.05, 3.63) is 58.7 Å². The van der Waals surface area contributed by atoms with Crippen LogP contribution in [0.2, 0.25) is 0 Å². The lowest BCUT2D eigenvalue weighted by atomic mass is 9.76. The third kappa shape index (κ3) is 1.90. The molecule has 1 heterocycles. The van der Waals surface area contributed by atoms with Gasteiger partial charge >= 0.3 is 0 Å². The molecule has 1 aliphatic carbocycles. The van der Waals surface area contributed by atoms with Crippen molar-refractivity contribution in [2.24, 2.45) is 0 Å². The Morgan fingerprint density at radius 3 is 2.82 bits per heavy atom. The van der Waals surface area contributed by atoms with Gasteiger partial charge in [-0.2, -0.15) is 5.26 Å². The quantitative estimate of drug-likeness (QED) is 0.832. The summed E-state index contributed by atoms with van der Waals surface area (Å²) < 4.78 is 0. The molecule has 110 valence electrons. The number of nitriles is 1. The van der Waals surface area contributed by atoms with Gasteiger partial charge in [-0.25, -0.2) is 0 Å². The Hall–Kier alpha value is -2.11. The maximum atomic E-state index is 9.50. The highest BCUT2D eigenvalue weighted by Gasteiger charge is 2.34.